The van der Waals surface area contributed by atoms with E-state index in [4.69, 9.17) is 11.6 Å². The van der Waals surface area contributed by atoms with E-state index in [1.807, 2.05) is 36.2 Å². The molecule has 0 aromatic heterocycles. The summed E-state index contributed by atoms with van der Waals surface area (Å²) in [5.74, 6) is 1.68. The van der Waals surface area contributed by atoms with Crippen LogP contribution in [-0.2, 0) is 10.5 Å². The van der Waals surface area contributed by atoms with Crippen LogP contribution in [0.3, 0.4) is 0 Å². The first-order chi connectivity index (χ1) is 9.69. The molecular weight excluding hydrogens is 292 g/mol. The van der Waals surface area contributed by atoms with E-state index < -0.39 is 0 Å². The van der Waals surface area contributed by atoms with Crippen molar-refractivity contribution in [3.63, 3.8) is 0 Å². The molecule has 110 valence electrons. The topological polar surface area (TPSA) is 32.3 Å². The third kappa shape index (κ3) is 4.69. The van der Waals surface area contributed by atoms with Crippen LogP contribution in [0.1, 0.15) is 18.4 Å². The van der Waals surface area contributed by atoms with Gasteiger partial charge in [-0.05, 0) is 37.6 Å². The SMILES string of the molecule is CNC1CCN(C(=O)CSCc2ccc(Cl)cc2)CC1. The number of hydrogen-bond acceptors (Lipinski definition) is 3. The van der Waals surface area contributed by atoms with Crippen LogP contribution < -0.4 is 5.32 Å². The van der Waals surface area contributed by atoms with Crippen molar-refractivity contribution in [3.8, 4) is 0 Å². The molecular formula is C15H21ClN2OS. The number of hydrogen-bond donors (Lipinski definition) is 1. The number of likely N-dealkylation sites (tertiary alicyclic amines) is 1. The molecule has 2 rings (SSSR count). The van der Waals surface area contributed by atoms with Crippen molar-refractivity contribution in [1.29, 1.82) is 0 Å². The molecule has 0 spiro atoms. The van der Waals surface area contributed by atoms with Crippen LogP contribution >= 0.6 is 23.4 Å². The van der Waals surface area contributed by atoms with E-state index >= 15 is 0 Å². The van der Waals surface area contributed by atoms with Gasteiger partial charge in [0.1, 0.15) is 0 Å². The molecule has 1 N–H and O–H groups in total. The lowest BCUT2D eigenvalue weighted by molar-refractivity contribution is -0.129. The van der Waals surface area contributed by atoms with Crippen LogP contribution in [0.15, 0.2) is 24.3 Å². The minimum Gasteiger partial charge on any atom is -0.342 e. The molecule has 0 atom stereocenters. The first-order valence-electron chi connectivity index (χ1n) is 6.96. The largest absolute Gasteiger partial charge is 0.342 e. The Morgan fingerprint density at radius 1 is 1.35 bits per heavy atom. The Balaban J connectivity index is 1.69. The van der Waals surface area contributed by atoms with Crippen molar-refractivity contribution in [2.45, 2.75) is 24.6 Å². The van der Waals surface area contributed by atoms with Gasteiger partial charge >= 0.3 is 0 Å². The fourth-order valence-electron chi connectivity index (χ4n) is 2.35. The Morgan fingerprint density at radius 2 is 2.00 bits per heavy atom. The monoisotopic (exact) mass is 312 g/mol. The molecule has 1 saturated heterocycles. The second kappa shape index (κ2) is 7.91. The molecule has 0 saturated carbocycles. The van der Waals surface area contributed by atoms with Gasteiger partial charge in [-0.25, -0.2) is 0 Å². The number of nitrogens with one attached hydrogen (secondary N) is 1. The van der Waals surface area contributed by atoms with Crippen molar-refractivity contribution in [2.75, 3.05) is 25.9 Å². The zero-order chi connectivity index (χ0) is 14.4. The maximum atomic E-state index is 12.1. The minimum atomic E-state index is 0.263. The van der Waals surface area contributed by atoms with Crippen LogP contribution in [0.4, 0.5) is 0 Å². The van der Waals surface area contributed by atoms with Gasteiger partial charge in [0.2, 0.25) is 5.91 Å². The van der Waals surface area contributed by atoms with E-state index in [1.165, 1.54) is 5.56 Å². The van der Waals surface area contributed by atoms with Gasteiger partial charge in [0.15, 0.2) is 0 Å². The van der Waals surface area contributed by atoms with Gasteiger partial charge in [0, 0.05) is 29.9 Å². The molecule has 1 aromatic rings. The molecule has 1 aromatic carbocycles. The number of rotatable bonds is 5. The quantitative estimate of drug-likeness (QED) is 0.907. The summed E-state index contributed by atoms with van der Waals surface area (Å²) in [5.41, 5.74) is 1.21. The van der Waals surface area contributed by atoms with Gasteiger partial charge in [-0.3, -0.25) is 4.79 Å². The molecule has 1 aliphatic rings. The van der Waals surface area contributed by atoms with Crippen molar-refractivity contribution in [3.05, 3.63) is 34.9 Å². The lowest BCUT2D eigenvalue weighted by atomic mass is 10.1. The highest BCUT2D eigenvalue weighted by Crippen LogP contribution is 2.17. The average Bonchev–Trinajstić information content (AvgIpc) is 2.49. The molecule has 1 aliphatic heterocycles. The Hall–Kier alpha value is -0.710. The zero-order valence-corrected chi connectivity index (χ0v) is 13.3. The molecule has 1 fully saturated rings. The van der Waals surface area contributed by atoms with Crippen LogP contribution in [0.2, 0.25) is 5.02 Å². The van der Waals surface area contributed by atoms with Crippen LogP contribution in [0.5, 0.6) is 0 Å². The van der Waals surface area contributed by atoms with Crippen molar-refractivity contribution >= 4 is 29.3 Å². The van der Waals surface area contributed by atoms with Gasteiger partial charge in [0.05, 0.1) is 5.75 Å². The van der Waals surface area contributed by atoms with E-state index in [1.54, 1.807) is 11.8 Å². The van der Waals surface area contributed by atoms with E-state index in [-0.39, 0.29) is 5.91 Å². The number of carbonyl (C=O) groups excluding carboxylic acids is 1. The lowest BCUT2D eigenvalue weighted by Gasteiger charge is -2.31. The van der Waals surface area contributed by atoms with Crippen LogP contribution in [0, 0.1) is 0 Å². The number of piperidine rings is 1. The van der Waals surface area contributed by atoms with Crippen LogP contribution in [0.25, 0.3) is 0 Å². The molecule has 0 radical (unpaired) electrons. The molecule has 3 nitrogen and oxygen atoms in total. The van der Waals surface area contributed by atoms with Gasteiger partial charge in [-0.2, -0.15) is 0 Å². The molecule has 0 bridgehead atoms. The van der Waals surface area contributed by atoms with Crippen molar-refractivity contribution in [2.24, 2.45) is 0 Å². The summed E-state index contributed by atoms with van der Waals surface area (Å²) in [5, 5.41) is 4.03. The predicted octanol–water partition coefficient (Wildman–Crippen LogP) is 2.78. The van der Waals surface area contributed by atoms with Crippen molar-refractivity contribution in [1.82, 2.24) is 10.2 Å². The summed E-state index contributed by atoms with van der Waals surface area (Å²) in [6, 6.07) is 8.38. The third-order valence-corrected chi connectivity index (χ3v) is 4.90. The fourth-order valence-corrected chi connectivity index (χ4v) is 3.36. The van der Waals surface area contributed by atoms with E-state index in [9.17, 15) is 4.79 Å². The maximum Gasteiger partial charge on any atom is 0.232 e. The zero-order valence-electron chi connectivity index (χ0n) is 11.8. The second-order valence-electron chi connectivity index (χ2n) is 5.06. The molecule has 1 amide bonds. The highest BCUT2D eigenvalue weighted by Gasteiger charge is 2.21. The molecule has 20 heavy (non-hydrogen) atoms. The summed E-state index contributed by atoms with van der Waals surface area (Å²) < 4.78 is 0. The standard InChI is InChI=1S/C15H21ClN2OS/c1-17-14-6-8-18(9-7-14)15(19)11-20-10-12-2-4-13(16)5-3-12/h2-5,14,17H,6-11H2,1H3. The number of benzene rings is 1. The first-order valence-corrected chi connectivity index (χ1v) is 8.49. The summed E-state index contributed by atoms with van der Waals surface area (Å²) in [6.07, 6.45) is 2.12. The summed E-state index contributed by atoms with van der Waals surface area (Å²) in [6.45, 7) is 1.76. The first kappa shape index (κ1) is 15.7. The summed E-state index contributed by atoms with van der Waals surface area (Å²) in [4.78, 5) is 14.1. The Kier molecular flexibility index (Phi) is 6.20. The minimum absolute atomic E-state index is 0.263. The highest BCUT2D eigenvalue weighted by molar-refractivity contribution is 7.99. The molecule has 0 unspecified atom stereocenters. The summed E-state index contributed by atoms with van der Waals surface area (Å²) >= 11 is 7.52. The predicted molar refractivity (Wildman–Crippen MR) is 86.3 cm³/mol. The highest BCUT2D eigenvalue weighted by atomic mass is 35.5. The molecule has 0 aliphatic carbocycles. The number of thioether (sulfide) groups is 1. The third-order valence-electron chi connectivity index (χ3n) is 3.66. The lowest BCUT2D eigenvalue weighted by Crippen LogP contribution is -2.44. The summed E-state index contributed by atoms with van der Waals surface area (Å²) in [7, 11) is 1.99. The van der Waals surface area contributed by atoms with E-state index in [2.05, 4.69) is 5.32 Å². The van der Waals surface area contributed by atoms with E-state index in [0.717, 1.165) is 36.7 Å². The number of carbonyl (C=O) groups is 1. The Bertz CT molecular complexity index is 430. The Labute approximate surface area is 130 Å². The van der Waals surface area contributed by atoms with Gasteiger partial charge < -0.3 is 10.2 Å². The second-order valence-corrected chi connectivity index (χ2v) is 6.49. The fraction of sp³-hybridized carbons (Fsp3) is 0.533. The van der Waals surface area contributed by atoms with Crippen molar-refractivity contribution < 1.29 is 4.79 Å². The number of amides is 1. The smallest absolute Gasteiger partial charge is 0.232 e. The van der Waals surface area contributed by atoms with Crippen LogP contribution in [-0.4, -0.2) is 42.7 Å². The Morgan fingerprint density at radius 3 is 2.60 bits per heavy atom. The number of nitrogens with zero attached hydrogens (tertiary/aromatic N) is 1. The molecule has 1 heterocycles. The molecule has 5 heteroatoms. The maximum absolute atomic E-state index is 12.1. The normalized spacial score (nSPS) is 16.4. The number of halogens is 1. The van der Waals surface area contributed by atoms with E-state index in [0.29, 0.717) is 11.8 Å². The van der Waals surface area contributed by atoms with Gasteiger partial charge in [-0.15, -0.1) is 11.8 Å². The van der Waals surface area contributed by atoms with Gasteiger partial charge in [-0.1, -0.05) is 23.7 Å². The van der Waals surface area contributed by atoms with Gasteiger partial charge in [0.25, 0.3) is 0 Å². The average molecular weight is 313 g/mol.